The lowest BCUT2D eigenvalue weighted by Crippen LogP contribution is -2.38. The van der Waals surface area contributed by atoms with E-state index in [0.29, 0.717) is 12.5 Å². The highest BCUT2D eigenvalue weighted by molar-refractivity contribution is 5.24. The van der Waals surface area contributed by atoms with Crippen LogP contribution in [-0.4, -0.2) is 17.3 Å². The molecule has 1 aromatic carbocycles. The van der Waals surface area contributed by atoms with Crippen LogP contribution < -0.4 is 0 Å². The summed E-state index contributed by atoms with van der Waals surface area (Å²) in [6.07, 6.45) is 3.60. The molecule has 2 nitrogen and oxygen atoms in total. The molecule has 110 valence electrons. The molecule has 0 saturated carbocycles. The molecular weight excluding hydrogens is 248 g/mol. The van der Waals surface area contributed by atoms with E-state index in [1.807, 2.05) is 0 Å². The van der Waals surface area contributed by atoms with E-state index in [1.54, 1.807) is 0 Å². The Morgan fingerprint density at radius 2 is 2.05 bits per heavy atom. The SMILES string of the molecule is Cc1ccccc1CO[C@H]1C[C@@]2(C(C)C)CC[C@]1(C)O2. The van der Waals surface area contributed by atoms with Crippen LogP contribution in [0.3, 0.4) is 0 Å². The summed E-state index contributed by atoms with van der Waals surface area (Å²) in [7, 11) is 0. The van der Waals surface area contributed by atoms with Crippen LogP contribution in [0.2, 0.25) is 0 Å². The smallest absolute Gasteiger partial charge is 0.0924 e. The molecule has 2 aliphatic rings. The van der Waals surface area contributed by atoms with E-state index in [1.165, 1.54) is 17.5 Å². The minimum absolute atomic E-state index is 0.0607. The van der Waals surface area contributed by atoms with E-state index in [2.05, 4.69) is 52.0 Å². The maximum atomic E-state index is 6.42. The summed E-state index contributed by atoms with van der Waals surface area (Å²) in [4.78, 5) is 0. The highest BCUT2D eigenvalue weighted by Gasteiger charge is 2.60. The quantitative estimate of drug-likeness (QED) is 0.817. The first-order valence-electron chi connectivity index (χ1n) is 7.81. The predicted octanol–water partition coefficient (Wildman–Crippen LogP) is 4.25. The Morgan fingerprint density at radius 1 is 1.30 bits per heavy atom. The van der Waals surface area contributed by atoms with Crippen LogP contribution in [-0.2, 0) is 16.1 Å². The van der Waals surface area contributed by atoms with Gasteiger partial charge in [-0.1, -0.05) is 38.1 Å². The van der Waals surface area contributed by atoms with Crippen LogP contribution in [0.5, 0.6) is 0 Å². The number of aryl methyl sites for hydroxylation is 1. The first-order valence-corrected chi connectivity index (χ1v) is 7.81. The van der Waals surface area contributed by atoms with Gasteiger partial charge in [0.2, 0.25) is 0 Å². The average molecular weight is 274 g/mol. The second-order valence-corrected chi connectivity index (χ2v) is 7.06. The fourth-order valence-electron chi connectivity index (χ4n) is 3.77. The third-order valence-corrected chi connectivity index (χ3v) is 5.45. The van der Waals surface area contributed by atoms with Crippen LogP contribution in [0.4, 0.5) is 0 Å². The minimum Gasteiger partial charge on any atom is -0.370 e. The molecule has 0 aromatic heterocycles. The number of ether oxygens (including phenoxy) is 2. The van der Waals surface area contributed by atoms with Crippen molar-refractivity contribution in [2.75, 3.05) is 0 Å². The molecule has 1 aromatic rings. The molecule has 0 N–H and O–H groups in total. The summed E-state index contributed by atoms with van der Waals surface area (Å²) in [6.45, 7) is 9.62. The lowest BCUT2D eigenvalue weighted by Gasteiger charge is -2.31. The van der Waals surface area contributed by atoms with Crippen molar-refractivity contribution in [1.29, 1.82) is 0 Å². The van der Waals surface area contributed by atoms with E-state index in [-0.39, 0.29) is 17.3 Å². The fourth-order valence-corrected chi connectivity index (χ4v) is 3.77. The summed E-state index contributed by atoms with van der Waals surface area (Å²) < 4.78 is 12.7. The van der Waals surface area contributed by atoms with Gasteiger partial charge in [-0.15, -0.1) is 0 Å². The average Bonchev–Trinajstić information content (AvgIpc) is 2.90. The van der Waals surface area contributed by atoms with Gasteiger partial charge in [-0.25, -0.2) is 0 Å². The number of benzene rings is 1. The molecule has 2 aliphatic heterocycles. The van der Waals surface area contributed by atoms with E-state index in [0.717, 1.165) is 12.8 Å². The molecule has 2 heteroatoms. The van der Waals surface area contributed by atoms with Gasteiger partial charge in [0.05, 0.1) is 23.9 Å². The van der Waals surface area contributed by atoms with Gasteiger partial charge in [-0.3, -0.25) is 0 Å². The molecule has 2 heterocycles. The molecule has 3 rings (SSSR count). The van der Waals surface area contributed by atoms with Gasteiger partial charge in [0.15, 0.2) is 0 Å². The second kappa shape index (κ2) is 4.85. The molecule has 0 unspecified atom stereocenters. The Kier molecular flexibility index (Phi) is 3.42. The zero-order valence-electron chi connectivity index (χ0n) is 13.1. The number of rotatable bonds is 4. The largest absolute Gasteiger partial charge is 0.370 e. The molecule has 2 fully saturated rings. The van der Waals surface area contributed by atoms with E-state index >= 15 is 0 Å². The summed E-state index contributed by atoms with van der Waals surface area (Å²) in [5.41, 5.74) is 2.58. The van der Waals surface area contributed by atoms with Crippen molar-refractivity contribution in [3.05, 3.63) is 35.4 Å². The molecule has 0 spiro atoms. The van der Waals surface area contributed by atoms with Crippen LogP contribution in [0.25, 0.3) is 0 Å². The Bertz CT molecular complexity index is 496. The molecule has 0 aliphatic carbocycles. The molecule has 2 saturated heterocycles. The van der Waals surface area contributed by atoms with Crippen molar-refractivity contribution in [3.8, 4) is 0 Å². The van der Waals surface area contributed by atoms with E-state index in [9.17, 15) is 0 Å². The minimum atomic E-state index is -0.0764. The molecule has 20 heavy (non-hydrogen) atoms. The summed E-state index contributed by atoms with van der Waals surface area (Å²) in [6, 6.07) is 8.46. The third-order valence-electron chi connectivity index (χ3n) is 5.45. The van der Waals surface area contributed by atoms with Gasteiger partial charge in [0.1, 0.15) is 0 Å². The zero-order chi connectivity index (χ0) is 14.4. The lowest BCUT2D eigenvalue weighted by molar-refractivity contribution is -0.0960. The number of hydrogen-bond acceptors (Lipinski definition) is 2. The summed E-state index contributed by atoms with van der Waals surface area (Å²) in [5, 5.41) is 0. The van der Waals surface area contributed by atoms with Crippen molar-refractivity contribution in [2.24, 2.45) is 5.92 Å². The van der Waals surface area contributed by atoms with Gasteiger partial charge in [0.25, 0.3) is 0 Å². The molecule has 3 atom stereocenters. The first kappa shape index (κ1) is 14.1. The molecule has 0 radical (unpaired) electrons. The maximum absolute atomic E-state index is 6.42. The van der Waals surface area contributed by atoms with Crippen LogP contribution in [0.1, 0.15) is 51.2 Å². The van der Waals surface area contributed by atoms with Gasteiger partial charge < -0.3 is 9.47 Å². The fraction of sp³-hybridized carbons (Fsp3) is 0.667. The van der Waals surface area contributed by atoms with Gasteiger partial charge in [0, 0.05) is 6.42 Å². The van der Waals surface area contributed by atoms with Crippen LogP contribution in [0.15, 0.2) is 24.3 Å². The predicted molar refractivity (Wildman–Crippen MR) is 80.7 cm³/mol. The molecule has 0 amide bonds. The van der Waals surface area contributed by atoms with Crippen molar-refractivity contribution >= 4 is 0 Å². The summed E-state index contributed by atoms with van der Waals surface area (Å²) >= 11 is 0. The van der Waals surface area contributed by atoms with Crippen molar-refractivity contribution in [2.45, 2.75) is 70.9 Å². The number of hydrogen-bond donors (Lipinski definition) is 0. The Hall–Kier alpha value is -0.860. The lowest BCUT2D eigenvalue weighted by atomic mass is 9.75. The Balaban J connectivity index is 1.69. The monoisotopic (exact) mass is 274 g/mol. The Morgan fingerprint density at radius 3 is 2.70 bits per heavy atom. The van der Waals surface area contributed by atoms with Gasteiger partial charge >= 0.3 is 0 Å². The first-order chi connectivity index (χ1) is 9.45. The normalized spacial score (nSPS) is 36.0. The standard InChI is InChI=1S/C18H26O2/c1-13(2)18-10-9-17(4,20-18)16(11-18)19-12-15-8-6-5-7-14(15)3/h5-8,13,16H,9-12H2,1-4H3/t16-,17-,18+/m0/s1. The van der Waals surface area contributed by atoms with Crippen LogP contribution in [0, 0.1) is 12.8 Å². The van der Waals surface area contributed by atoms with Crippen molar-refractivity contribution in [1.82, 2.24) is 0 Å². The van der Waals surface area contributed by atoms with E-state index in [4.69, 9.17) is 9.47 Å². The zero-order valence-corrected chi connectivity index (χ0v) is 13.1. The number of fused-ring (bicyclic) bond motifs is 2. The van der Waals surface area contributed by atoms with Crippen molar-refractivity contribution in [3.63, 3.8) is 0 Å². The maximum Gasteiger partial charge on any atom is 0.0924 e. The Labute approximate surface area is 122 Å². The van der Waals surface area contributed by atoms with Crippen LogP contribution >= 0.6 is 0 Å². The van der Waals surface area contributed by atoms with Crippen molar-refractivity contribution < 1.29 is 9.47 Å². The van der Waals surface area contributed by atoms with Gasteiger partial charge in [-0.2, -0.15) is 0 Å². The highest BCUT2D eigenvalue weighted by atomic mass is 16.6. The third kappa shape index (κ3) is 2.19. The second-order valence-electron chi connectivity index (χ2n) is 7.06. The van der Waals surface area contributed by atoms with E-state index < -0.39 is 0 Å². The molecule has 2 bridgehead atoms. The summed E-state index contributed by atoms with van der Waals surface area (Å²) in [5.74, 6) is 0.566. The van der Waals surface area contributed by atoms with Gasteiger partial charge in [-0.05, 0) is 43.7 Å². The highest BCUT2D eigenvalue weighted by Crippen LogP contribution is 2.55. The molecular formula is C18H26O2. The topological polar surface area (TPSA) is 18.5 Å².